The zero-order valence-corrected chi connectivity index (χ0v) is 12.6. The van der Waals surface area contributed by atoms with Gasteiger partial charge in [-0.2, -0.15) is 52.7 Å². The molecule has 0 spiro atoms. The van der Waals surface area contributed by atoms with Crippen LogP contribution in [0, 0.1) is 5.92 Å². The Bertz CT molecular complexity index is 650. The number of nitrogens with zero attached hydrogens (tertiary/aromatic N) is 2. The Labute approximate surface area is 146 Å². The van der Waals surface area contributed by atoms with Crippen molar-refractivity contribution in [2.24, 2.45) is 5.92 Å². The number of rotatable bonds is 4. The molecule has 1 aromatic heterocycles. The fraction of sp³-hybridized carbons (Fsp3) is 0.545. The lowest BCUT2D eigenvalue weighted by Gasteiger charge is -2.39. The summed E-state index contributed by atoms with van der Waals surface area (Å²) in [6.45, 7) is 0. The predicted octanol–water partition coefficient (Wildman–Crippen LogP) is 3.57. The van der Waals surface area contributed by atoms with Crippen LogP contribution >= 0.6 is 0 Å². The van der Waals surface area contributed by atoms with E-state index in [0.29, 0.717) is 17.7 Å². The molecular weight excluding hydrogens is 432 g/mol. The molecule has 17 heteroatoms. The van der Waals surface area contributed by atoms with E-state index in [9.17, 15) is 57.5 Å². The Morgan fingerprint density at radius 1 is 0.786 bits per heavy atom. The minimum atomic E-state index is -6.66. The number of amides is 1. The molecule has 0 radical (unpaired) electrons. The monoisotopic (exact) mass is 438 g/mol. The fourth-order valence-corrected chi connectivity index (χ4v) is 1.75. The third-order valence-electron chi connectivity index (χ3n) is 2.94. The van der Waals surface area contributed by atoms with Gasteiger partial charge >= 0.3 is 30.4 Å². The van der Waals surface area contributed by atoms with Crippen molar-refractivity contribution in [1.29, 1.82) is 0 Å². The van der Waals surface area contributed by atoms with Crippen LogP contribution < -0.4 is 10.6 Å². The average molecular weight is 438 g/mol. The molecule has 1 aromatic rings. The highest BCUT2D eigenvalue weighted by atomic mass is 19.4. The van der Waals surface area contributed by atoms with Gasteiger partial charge in [-0.05, 0) is 6.07 Å². The maximum absolute atomic E-state index is 13.2. The molecule has 0 bridgehead atoms. The van der Waals surface area contributed by atoms with Crippen LogP contribution in [0.15, 0.2) is 18.5 Å². The van der Waals surface area contributed by atoms with E-state index in [0.717, 1.165) is 6.07 Å². The molecule has 0 aliphatic rings. The summed E-state index contributed by atoms with van der Waals surface area (Å²) in [5, 5.41) is 0.274. The number of alkyl halides is 12. The quantitative estimate of drug-likeness (QED) is 0.558. The zero-order valence-electron chi connectivity index (χ0n) is 12.6. The van der Waals surface area contributed by atoms with Gasteiger partial charge in [0.2, 0.25) is 17.8 Å². The number of anilines is 1. The Morgan fingerprint density at radius 3 is 1.50 bits per heavy atom. The molecule has 0 saturated carbocycles. The molecule has 2 N–H and O–H groups in total. The van der Waals surface area contributed by atoms with Gasteiger partial charge in [-0.1, -0.05) is 0 Å². The van der Waals surface area contributed by atoms with Crippen molar-refractivity contribution in [2.75, 3.05) is 5.32 Å². The summed E-state index contributed by atoms with van der Waals surface area (Å²) >= 11 is 0. The SMILES string of the molecule is O=C(NC(Nc1ncccn1)(C(F)(F)F)C(F)(F)F)C(C(F)(F)F)C(F)(F)F. The maximum atomic E-state index is 13.2. The summed E-state index contributed by atoms with van der Waals surface area (Å²) in [5.74, 6) is -10.3. The van der Waals surface area contributed by atoms with Crippen LogP contribution in [0.5, 0.6) is 0 Å². The number of hydrogen-bond acceptors (Lipinski definition) is 4. The van der Waals surface area contributed by atoms with Gasteiger partial charge in [0.25, 0.3) is 0 Å². The van der Waals surface area contributed by atoms with E-state index in [1.807, 2.05) is 0 Å². The first-order valence-electron chi connectivity index (χ1n) is 6.47. The molecule has 0 aliphatic carbocycles. The van der Waals surface area contributed by atoms with Crippen LogP contribution in [0.25, 0.3) is 0 Å². The Morgan fingerprint density at radius 2 is 1.18 bits per heavy atom. The first-order chi connectivity index (χ1) is 12.3. The van der Waals surface area contributed by atoms with Gasteiger partial charge in [0.15, 0.2) is 0 Å². The highest BCUT2D eigenvalue weighted by Crippen LogP contribution is 2.45. The van der Waals surface area contributed by atoms with Gasteiger partial charge in [-0.15, -0.1) is 0 Å². The van der Waals surface area contributed by atoms with Crippen LogP contribution in [-0.2, 0) is 4.79 Å². The van der Waals surface area contributed by atoms with Crippen molar-refractivity contribution in [2.45, 2.75) is 30.4 Å². The lowest BCUT2D eigenvalue weighted by molar-refractivity contribution is -0.304. The van der Waals surface area contributed by atoms with Crippen molar-refractivity contribution in [3.8, 4) is 0 Å². The third kappa shape index (κ3) is 4.86. The molecule has 160 valence electrons. The lowest BCUT2D eigenvalue weighted by atomic mass is 10.0. The van der Waals surface area contributed by atoms with Crippen molar-refractivity contribution in [3.63, 3.8) is 0 Å². The Hall–Kier alpha value is -2.49. The van der Waals surface area contributed by atoms with E-state index in [-0.39, 0.29) is 5.32 Å². The van der Waals surface area contributed by atoms with E-state index in [1.165, 1.54) is 0 Å². The molecule has 0 aromatic carbocycles. The average Bonchev–Trinajstić information content (AvgIpc) is 2.41. The fourth-order valence-electron chi connectivity index (χ4n) is 1.75. The van der Waals surface area contributed by atoms with Crippen LogP contribution in [0.1, 0.15) is 0 Å². The van der Waals surface area contributed by atoms with Gasteiger partial charge in [-0.25, -0.2) is 9.97 Å². The van der Waals surface area contributed by atoms with E-state index < -0.39 is 48.1 Å². The summed E-state index contributed by atoms with van der Waals surface area (Å²) in [4.78, 5) is 17.1. The van der Waals surface area contributed by atoms with Gasteiger partial charge < -0.3 is 10.6 Å². The second-order valence-corrected chi connectivity index (χ2v) is 4.95. The molecule has 1 amide bonds. The highest BCUT2D eigenvalue weighted by molar-refractivity contribution is 5.81. The van der Waals surface area contributed by atoms with Crippen molar-refractivity contribution in [3.05, 3.63) is 18.5 Å². The first kappa shape index (κ1) is 23.5. The number of nitrogens with one attached hydrogen (secondary N) is 2. The summed E-state index contributed by atoms with van der Waals surface area (Å²) < 4.78 is 154. The molecule has 5 nitrogen and oxygen atoms in total. The van der Waals surface area contributed by atoms with Gasteiger partial charge in [0.1, 0.15) is 0 Å². The van der Waals surface area contributed by atoms with Gasteiger partial charge in [0, 0.05) is 12.4 Å². The lowest BCUT2D eigenvalue weighted by Crippen LogP contribution is -2.73. The number of aromatic nitrogens is 2. The molecule has 28 heavy (non-hydrogen) atoms. The summed E-state index contributed by atoms with van der Waals surface area (Å²) in [7, 11) is 0. The normalized spacial score (nSPS) is 14.2. The van der Waals surface area contributed by atoms with Crippen molar-refractivity contribution < 1.29 is 57.5 Å². The third-order valence-corrected chi connectivity index (χ3v) is 2.94. The molecule has 0 aliphatic heterocycles. The Kier molecular flexibility index (Phi) is 6.02. The molecule has 0 atom stereocenters. The number of hydrogen-bond donors (Lipinski definition) is 2. The van der Waals surface area contributed by atoms with E-state index in [2.05, 4.69) is 9.97 Å². The van der Waals surface area contributed by atoms with E-state index in [1.54, 1.807) is 0 Å². The van der Waals surface area contributed by atoms with Crippen LogP contribution in [-0.4, -0.2) is 46.2 Å². The maximum Gasteiger partial charge on any atom is 0.439 e. The van der Waals surface area contributed by atoms with E-state index >= 15 is 0 Å². The Balaban J connectivity index is 3.53. The predicted molar refractivity (Wildman–Crippen MR) is 64.2 cm³/mol. The molecule has 1 rings (SSSR count). The van der Waals surface area contributed by atoms with Crippen LogP contribution in [0.4, 0.5) is 58.6 Å². The minimum Gasteiger partial charge on any atom is -0.317 e. The van der Waals surface area contributed by atoms with Crippen molar-refractivity contribution >= 4 is 11.9 Å². The van der Waals surface area contributed by atoms with Crippen LogP contribution in [0.3, 0.4) is 0 Å². The summed E-state index contributed by atoms with van der Waals surface area (Å²) in [6.07, 6.45) is -25.2. The highest BCUT2D eigenvalue weighted by Gasteiger charge is 2.74. The summed E-state index contributed by atoms with van der Waals surface area (Å²) in [5.41, 5.74) is -5.76. The van der Waals surface area contributed by atoms with E-state index in [4.69, 9.17) is 0 Å². The van der Waals surface area contributed by atoms with Crippen molar-refractivity contribution in [1.82, 2.24) is 15.3 Å². The molecule has 0 saturated heterocycles. The number of carbonyl (C=O) groups is 1. The standard InChI is InChI=1S/C11H6F12N4O/c12-7(13,14)4(8(15,16)17)5(28)26-9(10(18,19)20,11(21,22)23)27-6-24-2-1-3-25-6/h1-4H,(H,26,28)(H,24,25,27). The molecular formula is C11H6F12N4O. The van der Waals surface area contributed by atoms with Gasteiger partial charge in [-0.3, -0.25) is 4.79 Å². The number of carbonyl (C=O) groups excluding carboxylic acids is 1. The number of halogens is 12. The first-order valence-corrected chi connectivity index (χ1v) is 6.47. The van der Waals surface area contributed by atoms with Gasteiger partial charge in [0.05, 0.1) is 0 Å². The summed E-state index contributed by atoms with van der Waals surface area (Å²) in [6, 6.07) is 0.927. The second-order valence-electron chi connectivity index (χ2n) is 4.95. The topological polar surface area (TPSA) is 66.9 Å². The molecule has 1 heterocycles. The minimum absolute atomic E-state index is 0.248. The molecule has 0 unspecified atom stereocenters. The second kappa shape index (κ2) is 7.16. The van der Waals surface area contributed by atoms with Crippen LogP contribution in [0.2, 0.25) is 0 Å². The largest absolute Gasteiger partial charge is 0.439 e. The molecule has 0 fully saturated rings. The smallest absolute Gasteiger partial charge is 0.317 e. The zero-order chi connectivity index (χ0) is 22.2.